The lowest BCUT2D eigenvalue weighted by Crippen LogP contribution is -2.09. The first-order valence-corrected chi connectivity index (χ1v) is 6.87. The number of fused-ring (bicyclic) bond motifs is 1. The molecule has 1 unspecified atom stereocenters. The Morgan fingerprint density at radius 2 is 2.21 bits per heavy atom. The molecule has 19 heavy (non-hydrogen) atoms. The van der Waals surface area contributed by atoms with Gasteiger partial charge >= 0.3 is 0 Å². The lowest BCUT2D eigenvalue weighted by Gasteiger charge is -2.14. The van der Waals surface area contributed by atoms with Gasteiger partial charge in [-0.25, -0.2) is 4.98 Å². The summed E-state index contributed by atoms with van der Waals surface area (Å²) in [5.41, 5.74) is 1.85. The molecule has 0 bridgehead atoms. The van der Waals surface area contributed by atoms with E-state index in [1.165, 1.54) is 0 Å². The highest BCUT2D eigenvalue weighted by Gasteiger charge is 2.18. The molecule has 3 rings (SSSR count). The molecule has 1 aromatic carbocycles. The van der Waals surface area contributed by atoms with Crippen LogP contribution in [0.1, 0.15) is 24.6 Å². The van der Waals surface area contributed by atoms with Crippen molar-refractivity contribution in [1.29, 1.82) is 0 Å². The van der Waals surface area contributed by atoms with E-state index in [-0.39, 0.29) is 6.04 Å². The molecule has 5 heteroatoms. The standard InChI is InChI=1S/C14H12Cl2N2O/c1-9(13-3-2-6-19-13)18-12-5-4-10(16)7-11(12)17-14(18)8-15/h2-7,9H,8H2,1H3. The van der Waals surface area contributed by atoms with Gasteiger partial charge in [0.05, 0.1) is 29.2 Å². The van der Waals surface area contributed by atoms with Crippen molar-refractivity contribution in [3.05, 3.63) is 53.2 Å². The van der Waals surface area contributed by atoms with Crippen molar-refractivity contribution in [3.63, 3.8) is 0 Å². The van der Waals surface area contributed by atoms with Crippen molar-refractivity contribution < 1.29 is 4.42 Å². The number of furan rings is 1. The average Bonchev–Trinajstić information content (AvgIpc) is 3.04. The van der Waals surface area contributed by atoms with E-state index in [0.29, 0.717) is 10.9 Å². The maximum atomic E-state index is 6.00. The molecule has 0 saturated carbocycles. The Morgan fingerprint density at radius 3 is 2.89 bits per heavy atom. The van der Waals surface area contributed by atoms with E-state index in [9.17, 15) is 0 Å². The van der Waals surface area contributed by atoms with Crippen LogP contribution >= 0.6 is 23.2 Å². The molecule has 2 heterocycles. The van der Waals surface area contributed by atoms with Crippen molar-refractivity contribution in [1.82, 2.24) is 9.55 Å². The molecule has 0 spiro atoms. The first-order valence-electron chi connectivity index (χ1n) is 5.96. The number of imidazole rings is 1. The summed E-state index contributed by atoms with van der Waals surface area (Å²) in [6.45, 7) is 2.06. The van der Waals surface area contributed by atoms with Gasteiger partial charge in [-0.15, -0.1) is 11.6 Å². The third kappa shape index (κ3) is 2.13. The summed E-state index contributed by atoms with van der Waals surface area (Å²) in [5, 5.41) is 0.670. The van der Waals surface area contributed by atoms with Crippen LogP contribution in [0.15, 0.2) is 41.0 Å². The van der Waals surface area contributed by atoms with Crippen molar-refractivity contribution in [2.24, 2.45) is 0 Å². The van der Waals surface area contributed by atoms with Crippen molar-refractivity contribution in [2.75, 3.05) is 0 Å². The number of aromatic nitrogens is 2. The van der Waals surface area contributed by atoms with Crippen molar-refractivity contribution in [2.45, 2.75) is 18.8 Å². The fraction of sp³-hybridized carbons (Fsp3) is 0.214. The molecule has 1 atom stereocenters. The van der Waals surface area contributed by atoms with E-state index in [1.807, 2.05) is 30.3 Å². The molecule has 0 aliphatic carbocycles. The summed E-state index contributed by atoms with van der Waals surface area (Å²) < 4.78 is 7.55. The quantitative estimate of drug-likeness (QED) is 0.659. The molecule has 98 valence electrons. The van der Waals surface area contributed by atoms with E-state index in [0.717, 1.165) is 22.6 Å². The van der Waals surface area contributed by atoms with Gasteiger partial charge in [0, 0.05) is 5.02 Å². The van der Waals surface area contributed by atoms with Gasteiger partial charge in [-0.2, -0.15) is 0 Å². The topological polar surface area (TPSA) is 31.0 Å². The number of rotatable bonds is 3. The molecule has 0 saturated heterocycles. The second-order valence-electron chi connectivity index (χ2n) is 4.36. The number of nitrogens with zero attached hydrogens (tertiary/aromatic N) is 2. The van der Waals surface area contributed by atoms with Crippen LogP contribution in [-0.4, -0.2) is 9.55 Å². The Hall–Kier alpha value is -1.45. The second kappa shape index (κ2) is 4.91. The zero-order valence-electron chi connectivity index (χ0n) is 10.3. The third-order valence-corrected chi connectivity index (χ3v) is 3.66. The predicted molar refractivity (Wildman–Crippen MR) is 76.8 cm³/mol. The summed E-state index contributed by atoms with van der Waals surface area (Å²) >= 11 is 12.0. The van der Waals surface area contributed by atoms with Crippen LogP contribution in [-0.2, 0) is 5.88 Å². The van der Waals surface area contributed by atoms with Crippen molar-refractivity contribution in [3.8, 4) is 0 Å². The van der Waals surface area contributed by atoms with Gasteiger partial charge in [0.2, 0.25) is 0 Å². The molecule has 3 aromatic rings. The van der Waals surface area contributed by atoms with Gasteiger partial charge in [-0.1, -0.05) is 11.6 Å². The lowest BCUT2D eigenvalue weighted by molar-refractivity contribution is 0.446. The Bertz CT molecular complexity index is 704. The molecule has 3 nitrogen and oxygen atoms in total. The lowest BCUT2D eigenvalue weighted by atomic mass is 10.2. The number of alkyl halides is 1. The third-order valence-electron chi connectivity index (χ3n) is 3.19. The van der Waals surface area contributed by atoms with Crippen LogP contribution in [0.5, 0.6) is 0 Å². The van der Waals surface area contributed by atoms with Gasteiger partial charge < -0.3 is 8.98 Å². The highest BCUT2D eigenvalue weighted by atomic mass is 35.5. The van der Waals surface area contributed by atoms with Crippen LogP contribution < -0.4 is 0 Å². The zero-order chi connectivity index (χ0) is 13.4. The smallest absolute Gasteiger partial charge is 0.126 e. The molecule has 0 radical (unpaired) electrons. The fourth-order valence-corrected chi connectivity index (χ4v) is 2.66. The summed E-state index contributed by atoms with van der Waals surface area (Å²) in [7, 11) is 0. The largest absolute Gasteiger partial charge is 0.467 e. The average molecular weight is 295 g/mol. The van der Waals surface area contributed by atoms with Crippen LogP contribution in [0.4, 0.5) is 0 Å². The van der Waals surface area contributed by atoms with Crippen LogP contribution in [0.25, 0.3) is 11.0 Å². The van der Waals surface area contributed by atoms with Crippen molar-refractivity contribution >= 4 is 34.2 Å². The van der Waals surface area contributed by atoms with Gasteiger partial charge in [-0.05, 0) is 37.3 Å². The highest BCUT2D eigenvalue weighted by Crippen LogP contribution is 2.28. The zero-order valence-corrected chi connectivity index (χ0v) is 11.8. The highest BCUT2D eigenvalue weighted by molar-refractivity contribution is 6.31. The minimum atomic E-state index is 0.0370. The Balaban J connectivity index is 2.21. The number of benzene rings is 1. The predicted octanol–water partition coefficient (Wildman–Crippen LogP) is 4.63. The van der Waals surface area contributed by atoms with E-state index in [4.69, 9.17) is 27.6 Å². The van der Waals surface area contributed by atoms with E-state index in [1.54, 1.807) is 6.26 Å². The van der Waals surface area contributed by atoms with Gasteiger partial charge in [-0.3, -0.25) is 0 Å². The minimum absolute atomic E-state index is 0.0370. The normalized spacial score (nSPS) is 13.0. The molecule has 0 aliphatic rings. The van der Waals surface area contributed by atoms with Crippen LogP contribution in [0.3, 0.4) is 0 Å². The summed E-state index contributed by atoms with van der Waals surface area (Å²) in [5.74, 6) is 2.03. The minimum Gasteiger partial charge on any atom is -0.467 e. The Labute approximate surface area is 120 Å². The molecule has 0 amide bonds. The van der Waals surface area contributed by atoms with Gasteiger partial charge in [0.15, 0.2) is 0 Å². The number of halogens is 2. The first kappa shape index (κ1) is 12.6. The van der Waals surface area contributed by atoms with E-state index < -0.39 is 0 Å². The Morgan fingerprint density at radius 1 is 1.37 bits per heavy atom. The SMILES string of the molecule is CC(c1ccco1)n1c(CCl)nc2cc(Cl)ccc21. The molecule has 0 fully saturated rings. The first-order chi connectivity index (χ1) is 9.20. The van der Waals surface area contributed by atoms with E-state index >= 15 is 0 Å². The fourth-order valence-electron chi connectivity index (χ4n) is 2.30. The summed E-state index contributed by atoms with van der Waals surface area (Å²) in [6.07, 6.45) is 1.67. The van der Waals surface area contributed by atoms with Crippen LogP contribution in [0.2, 0.25) is 5.02 Å². The van der Waals surface area contributed by atoms with Crippen LogP contribution in [0, 0.1) is 0 Å². The molecular weight excluding hydrogens is 283 g/mol. The number of hydrogen-bond donors (Lipinski definition) is 0. The monoisotopic (exact) mass is 294 g/mol. The Kier molecular flexibility index (Phi) is 3.25. The molecular formula is C14H12Cl2N2O. The summed E-state index contributed by atoms with van der Waals surface area (Å²) in [6, 6.07) is 9.52. The second-order valence-corrected chi connectivity index (χ2v) is 5.06. The maximum absolute atomic E-state index is 6.00. The van der Waals surface area contributed by atoms with Gasteiger partial charge in [0.1, 0.15) is 11.6 Å². The summed E-state index contributed by atoms with van der Waals surface area (Å²) in [4.78, 5) is 4.53. The molecule has 2 aromatic heterocycles. The van der Waals surface area contributed by atoms with Gasteiger partial charge in [0.25, 0.3) is 0 Å². The maximum Gasteiger partial charge on any atom is 0.126 e. The molecule has 0 N–H and O–H groups in total. The number of hydrogen-bond acceptors (Lipinski definition) is 2. The molecule has 0 aliphatic heterocycles. The van der Waals surface area contributed by atoms with E-state index in [2.05, 4.69) is 16.5 Å².